The second-order valence-corrected chi connectivity index (χ2v) is 6.31. The zero-order valence-corrected chi connectivity index (χ0v) is 13.2. The Hall–Kier alpha value is -2.53. The van der Waals surface area contributed by atoms with Crippen LogP contribution in [0.1, 0.15) is 11.1 Å². The van der Waals surface area contributed by atoms with Crippen LogP contribution in [-0.4, -0.2) is 12.7 Å². The molecule has 0 radical (unpaired) electrons. The van der Waals surface area contributed by atoms with Crippen LogP contribution < -0.4 is 14.8 Å². The molecule has 0 atom stereocenters. The summed E-state index contributed by atoms with van der Waals surface area (Å²) in [6, 6.07) is 13.9. The average Bonchev–Trinajstić information content (AvgIpc) is 3.20. The number of benzene rings is 2. The number of nitrogens with one attached hydrogen (secondary N) is 1. The van der Waals surface area contributed by atoms with E-state index in [9.17, 15) is 4.79 Å². The van der Waals surface area contributed by atoms with Crippen LogP contribution in [0.25, 0.3) is 10.1 Å². The third kappa shape index (κ3) is 2.87. The van der Waals surface area contributed by atoms with Crippen molar-refractivity contribution in [1.82, 2.24) is 5.32 Å². The number of rotatable bonds is 4. The fourth-order valence-electron chi connectivity index (χ4n) is 2.66. The molecule has 5 heteroatoms. The predicted octanol–water partition coefficient (Wildman–Crippen LogP) is 3.49. The van der Waals surface area contributed by atoms with Crippen molar-refractivity contribution in [3.8, 4) is 11.5 Å². The number of hydrogen-bond acceptors (Lipinski definition) is 4. The van der Waals surface area contributed by atoms with Crippen molar-refractivity contribution >= 4 is 27.3 Å². The maximum atomic E-state index is 12.2. The number of ether oxygens (including phenoxy) is 2. The van der Waals surface area contributed by atoms with E-state index in [4.69, 9.17) is 9.47 Å². The normalized spacial score (nSPS) is 12.5. The van der Waals surface area contributed by atoms with Crippen LogP contribution in [0, 0.1) is 0 Å². The van der Waals surface area contributed by atoms with Crippen molar-refractivity contribution in [1.29, 1.82) is 0 Å². The van der Waals surface area contributed by atoms with E-state index in [1.54, 1.807) is 11.3 Å². The lowest BCUT2D eigenvalue weighted by Crippen LogP contribution is -2.24. The Morgan fingerprint density at radius 3 is 2.96 bits per heavy atom. The maximum Gasteiger partial charge on any atom is 0.231 e. The summed E-state index contributed by atoms with van der Waals surface area (Å²) >= 11 is 1.67. The Bertz CT molecular complexity index is 872. The fourth-order valence-corrected chi connectivity index (χ4v) is 3.62. The second-order valence-electron chi connectivity index (χ2n) is 5.40. The highest BCUT2D eigenvalue weighted by atomic mass is 32.1. The molecule has 2 heterocycles. The van der Waals surface area contributed by atoms with Gasteiger partial charge in [0.25, 0.3) is 0 Å². The maximum absolute atomic E-state index is 12.2. The van der Waals surface area contributed by atoms with Gasteiger partial charge in [0.05, 0.1) is 6.42 Å². The Kier molecular flexibility index (Phi) is 3.63. The number of fused-ring (bicyclic) bond motifs is 2. The van der Waals surface area contributed by atoms with E-state index >= 15 is 0 Å². The number of carbonyl (C=O) groups is 1. The zero-order chi connectivity index (χ0) is 15.6. The molecule has 0 spiro atoms. The van der Waals surface area contributed by atoms with E-state index < -0.39 is 0 Å². The Morgan fingerprint density at radius 2 is 2.00 bits per heavy atom. The monoisotopic (exact) mass is 325 g/mol. The molecule has 23 heavy (non-hydrogen) atoms. The molecule has 0 unspecified atom stereocenters. The summed E-state index contributed by atoms with van der Waals surface area (Å²) in [4.78, 5) is 12.2. The zero-order valence-electron chi connectivity index (χ0n) is 12.4. The van der Waals surface area contributed by atoms with Crippen LogP contribution in [0.15, 0.2) is 47.8 Å². The van der Waals surface area contributed by atoms with E-state index in [1.165, 1.54) is 4.70 Å². The molecule has 0 bridgehead atoms. The van der Waals surface area contributed by atoms with Crippen LogP contribution in [0.2, 0.25) is 0 Å². The van der Waals surface area contributed by atoms with E-state index in [1.807, 2.05) is 30.3 Å². The average molecular weight is 325 g/mol. The minimum absolute atomic E-state index is 0.0196. The lowest BCUT2D eigenvalue weighted by atomic mass is 10.1. The number of hydrogen-bond donors (Lipinski definition) is 1. The summed E-state index contributed by atoms with van der Waals surface area (Å²) in [6.07, 6.45) is 0.397. The summed E-state index contributed by atoms with van der Waals surface area (Å²) in [7, 11) is 0. The van der Waals surface area contributed by atoms with Gasteiger partial charge in [-0.15, -0.1) is 11.3 Å². The topological polar surface area (TPSA) is 47.6 Å². The number of amides is 1. The van der Waals surface area contributed by atoms with Crippen LogP contribution in [-0.2, 0) is 17.8 Å². The first kappa shape index (κ1) is 14.1. The van der Waals surface area contributed by atoms with Crippen molar-refractivity contribution < 1.29 is 14.3 Å². The molecule has 0 aliphatic carbocycles. The van der Waals surface area contributed by atoms with E-state index in [0.717, 1.165) is 28.0 Å². The Balaban J connectivity index is 1.40. The summed E-state index contributed by atoms with van der Waals surface area (Å²) in [5.74, 6) is 1.51. The summed E-state index contributed by atoms with van der Waals surface area (Å²) in [5.41, 5.74) is 2.08. The van der Waals surface area contributed by atoms with Gasteiger partial charge in [-0.1, -0.05) is 24.3 Å². The van der Waals surface area contributed by atoms with Crippen molar-refractivity contribution in [3.05, 3.63) is 59.0 Å². The lowest BCUT2D eigenvalue weighted by Gasteiger charge is -2.06. The van der Waals surface area contributed by atoms with Gasteiger partial charge in [-0.3, -0.25) is 4.79 Å². The van der Waals surface area contributed by atoms with Gasteiger partial charge in [0.1, 0.15) is 0 Å². The van der Waals surface area contributed by atoms with Gasteiger partial charge in [0.15, 0.2) is 11.5 Å². The molecule has 0 fully saturated rings. The standard InChI is InChI=1S/C18H15NO3S/c20-18(8-13-10-23-17-4-2-1-3-14(13)17)19-9-12-5-6-15-16(7-12)22-11-21-15/h1-7,10H,8-9,11H2,(H,19,20). The fraction of sp³-hybridized carbons (Fsp3) is 0.167. The van der Waals surface area contributed by atoms with E-state index in [2.05, 4.69) is 22.8 Å². The van der Waals surface area contributed by atoms with Gasteiger partial charge in [0, 0.05) is 11.2 Å². The summed E-state index contributed by atoms with van der Waals surface area (Å²) in [5, 5.41) is 6.19. The van der Waals surface area contributed by atoms with E-state index in [-0.39, 0.29) is 12.7 Å². The molecule has 3 aromatic rings. The third-order valence-corrected chi connectivity index (χ3v) is 4.85. The number of carbonyl (C=O) groups excluding carboxylic acids is 1. The van der Waals surface area contributed by atoms with Crippen LogP contribution in [0.3, 0.4) is 0 Å². The molecule has 116 valence electrons. The smallest absolute Gasteiger partial charge is 0.231 e. The highest BCUT2D eigenvalue weighted by Crippen LogP contribution is 2.32. The molecule has 0 saturated carbocycles. The van der Waals surface area contributed by atoms with Crippen molar-refractivity contribution in [2.24, 2.45) is 0 Å². The SMILES string of the molecule is O=C(Cc1csc2ccccc12)NCc1ccc2c(c1)OCO2. The number of thiophene rings is 1. The minimum atomic E-state index is 0.0196. The first-order valence-electron chi connectivity index (χ1n) is 7.40. The quantitative estimate of drug-likeness (QED) is 0.799. The Labute approximate surface area is 137 Å². The molecule has 1 amide bonds. The van der Waals surface area contributed by atoms with Gasteiger partial charge in [-0.2, -0.15) is 0 Å². The Morgan fingerprint density at radius 1 is 1.13 bits per heavy atom. The highest BCUT2D eigenvalue weighted by Gasteiger charge is 2.14. The molecule has 1 aliphatic rings. The molecule has 0 saturated heterocycles. The lowest BCUT2D eigenvalue weighted by molar-refractivity contribution is -0.120. The molecular formula is C18H15NO3S. The van der Waals surface area contributed by atoms with Crippen molar-refractivity contribution in [3.63, 3.8) is 0 Å². The van der Waals surface area contributed by atoms with Gasteiger partial charge < -0.3 is 14.8 Å². The summed E-state index contributed by atoms with van der Waals surface area (Å²) < 4.78 is 11.8. The molecule has 1 aromatic heterocycles. The predicted molar refractivity (Wildman–Crippen MR) is 89.9 cm³/mol. The van der Waals surface area contributed by atoms with Crippen LogP contribution >= 0.6 is 11.3 Å². The highest BCUT2D eigenvalue weighted by molar-refractivity contribution is 7.17. The molecule has 4 rings (SSSR count). The molecule has 4 nitrogen and oxygen atoms in total. The molecule has 1 N–H and O–H groups in total. The van der Waals surface area contributed by atoms with Crippen molar-refractivity contribution in [2.75, 3.05) is 6.79 Å². The van der Waals surface area contributed by atoms with Gasteiger partial charge in [0.2, 0.25) is 12.7 Å². The largest absolute Gasteiger partial charge is 0.454 e. The van der Waals surface area contributed by atoms with Gasteiger partial charge in [-0.05, 0) is 40.1 Å². The summed E-state index contributed by atoms with van der Waals surface area (Å²) in [6.45, 7) is 0.744. The van der Waals surface area contributed by atoms with Gasteiger partial charge >= 0.3 is 0 Å². The van der Waals surface area contributed by atoms with Crippen LogP contribution in [0.5, 0.6) is 11.5 Å². The molecule has 1 aliphatic heterocycles. The van der Waals surface area contributed by atoms with Gasteiger partial charge in [-0.25, -0.2) is 0 Å². The minimum Gasteiger partial charge on any atom is -0.454 e. The molecule has 2 aromatic carbocycles. The molecular weight excluding hydrogens is 310 g/mol. The van der Waals surface area contributed by atoms with Crippen LogP contribution in [0.4, 0.5) is 0 Å². The third-order valence-electron chi connectivity index (χ3n) is 3.84. The first-order chi connectivity index (χ1) is 11.3. The first-order valence-corrected chi connectivity index (χ1v) is 8.28. The second kappa shape index (κ2) is 5.93. The van der Waals surface area contributed by atoms with E-state index in [0.29, 0.717) is 13.0 Å². The van der Waals surface area contributed by atoms with Crippen molar-refractivity contribution in [2.45, 2.75) is 13.0 Å².